The maximum atomic E-state index is 10.5. The van der Waals surface area contributed by atoms with E-state index in [0.717, 1.165) is 5.69 Å². The summed E-state index contributed by atoms with van der Waals surface area (Å²) in [6.45, 7) is 0.424. The molecule has 2 N–H and O–H groups in total. The monoisotopic (exact) mass is 185 g/mol. The summed E-state index contributed by atoms with van der Waals surface area (Å²) in [6, 6.07) is 1.49. The Labute approximate surface area is 75.1 Å². The molecule has 0 atom stereocenters. The fourth-order valence-electron chi connectivity index (χ4n) is 0.922. The number of nitrogens with one attached hydrogen (secondary N) is 1. The van der Waals surface area contributed by atoms with Gasteiger partial charge in [0.25, 0.3) is 0 Å². The van der Waals surface area contributed by atoms with E-state index >= 15 is 0 Å². The lowest BCUT2D eigenvalue weighted by atomic mass is 10.3. The quantitative estimate of drug-likeness (QED) is 0.633. The number of hydroxylamine groups is 1. The molecule has 0 amide bonds. The van der Waals surface area contributed by atoms with Crippen LogP contribution >= 0.6 is 0 Å². The van der Waals surface area contributed by atoms with Crippen LogP contribution < -0.4 is 5.48 Å². The molecule has 0 bridgehead atoms. The second kappa shape index (κ2) is 4.01. The molecule has 13 heavy (non-hydrogen) atoms. The molecule has 0 aliphatic rings. The van der Waals surface area contributed by atoms with Crippen LogP contribution in [0.2, 0.25) is 0 Å². The number of aromatic carboxylic acids is 1. The minimum atomic E-state index is -1.03. The van der Waals surface area contributed by atoms with E-state index in [1.54, 1.807) is 7.05 Å². The smallest absolute Gasteiger partial charge is 0.356 e. The van der Waals surface area contributed by atoms with E-state index < -0.39 is 5.97 Å². The van der Waals surface area contributed by atoms with Crippen LogP contribution in [0.1, 0.15) is 16.2 Å². The highest BCUT2D eigenvalue weighted by atomic mass is 16.6. The third kappa shape index (κ3) is 2.27. The number of hydrogen-bond donors (Lipinski definition) is 2. The lowest BCUT2D eigenvalue weighted by Crippen LogP contribution is -2.13. The highest BCUT2D eigenvalue weighted by Gasteiger charge is 2.10. The van der Waals surface area contributed by atoms with Crippen LogP contribution in [0.3, 0.4) is 0 Å². The molecule has 0 aliphatic heterocycles. The van der Waals surface area contributed by atoms with Gasteiger partial charge < -0.3 is 9.94 Å². The SMILES string of the molecule is CONCc1cc(C(=O)O)nn1C. The van der Waals surface area contributed by atoms with Gasteiger partial charge in [0.1, 0.15) is 0 Å². The summed E-state index contributed by atoms with van der Waals surface area (Å²) in [5, 5.41) is 12.4. The van der Waals surface area contributed by atoms with Crippen molar-refractivity contribution < 1.29 is 14.7 Å². The van der Waals surface area contributed by atoms with Crippen molar-refractivity contribution in [2.45, 2.75) is 6.54 Å². The van der Waals surface area contributed by atoms with Crippen molar-refractivity contribution in [3.8, 4) is 0 Å². The second-order valence-electron chi connectivity index (χ2n) is 2.47. The molecule has 0 saturated heterocycles. The standard InChI is InChI=1S/C7H11N3O3/c1-10-5(4-8-13-2)3-6(9-10)7(11)12/h3,8H,4H2,1-2H3,(H,11,12). The van der Waals surface area contributed by atoms with Crippen LogP contribution in [-0.2, 0) is 18.4 Å². The maximum Gasteiger partial charge on any atom is 0.356 e. The van der Waals surface area contributed by atoms with E-state index in [2.05, 4.69) is 15.4 Å². The number of nitrogens with zero attached hydrogens (tertiary/aromatic N) is 2. The van der Waals surface area contributed by atoms with Gasteiger partial charge in [0.15, 0.2) is 5.69 Å². The Kier molecular flexibility index (Phi) is 2.99. The molecule has 0 aliphatic carbocycles. The molecule has 72 valence electrons. The number of hydrogen-bond acceptors (Lipinski definition) is 4. The van der Waals surface area contributed by atoms with Crippen molar-refractivity contribution in [2.24, 2.45) is 7.05 Å². The number of rotatable bonds is 4. The molecule has 0 unspecified atom stereocenters. The van der Waals surface area contributed by atoms with Crippen LogP contribution in [0.25, 0.3) is 0 Å². The molecule has 6 heteroatoms. The normalized spacial score (nSPS) is 10.3. The summed E-state index contributed by atoms with van der Waals surface area (Å²) >= 11 is 0. The van der Waals surface area contributed by atoms with Crippen molar-refractivity contribution in [3.63, 3.8) is 0 Å². The number of carboxylic acids is 1. The first kappa shape index (κ1) is 9.69. The third-order valence-electron chi connectivity index (χ3n) is 1.59. The van der Waals surface area contributed by atoms with Gasteiger partial charge in [-0.1, -0.05) is 0 Å². The molecule has 1 rings (SSSR count). The average molecular weight is 185 g/mol. The zero-order valence-electron chi connectivity index (χ0n) is 7.44. The Morgan fingerprint density at radius 2 is 2.54 bits per heavy atom. The van der Waals surface area contributed by atoms with Gasteiger partial charge in [0.05, 0.1) is 19.3 Å². The Bertz CT molecular complexity index is 308. The minimum absolute atomic E-state index is 0.0374. The third-order valence-corrected chi connectivity index (χ3v) is 1.59. The molecular weight excluding hydrogens is 174 g/mol. The maximum absolute atomic E-state index is 10.5. The van der Waals surface area contributed by atoms with Gasteiger partial charge in [-0.3, -0.25) is 4.68 Å². The fourth-order valence-corrected chi connectivity index (χ4v) is 0.922. The van der Waals surface area contributed by atoms with E-state index in [0.29, 0.717) is 6.54 Å². The summed E-state index contributed by atoms with van der Waals surface area (Å²) in [7, 11) is 3.17. The summed E-state index contributed by atoms with van der Waals surface area (Å²) in [6.07, 6.45) is 0. The van der Waals surface area contributed by atoms with E-state index in [1.165, 1.54) is 17.9 Å². The predicted molar refractivity (Wildman–Crippen MR) is 44.0 cm³/mol. The van der Waals surface area contributed by atoms with Gasteiger partial charge in [-0.2, -0.15) is 10.6 Å². The van der Waals surface area contributed by atoms with Gasteiger partial charge >= 0.3 is 5.97 Å². The van der Waals surface area contributed by atoms with E-state index in [4.69, 9.17) is 5.11 Å². The zero-order valence-corrected chi connectivity index (χ0v) is 7.44. The number of aromatic nitrogens is 2. The van der Waals surface area contributed by atoms with Gasteiger partial charge in [-0.25, -0.2) is 4.79 Å². The number of aryl methyl sites for hydroxylation is 1. The first-order valence-electron chi connectivity index (χ1n) is 3.67. The van der Waals surface area contributed by atoms with Gasteiger partial charge in [-0.15, -0.1) is 0 Å². The van der Waals surface area contributed by atoms with E-state index in [-0.39, 0.29) is 5.69 Å². The van der Waals surface area contributed by atoms with Crippen molar-refractivity contribution in [1.82, 2.24) is 15.3 Å². The topological polar surface area (TPSA) is 76.4 Å². The highest BCUT2D eigenvalue weighted by Crippen LogP contribution is 2.02. The lowest BCUT2D eigenvalue weighted by Gasteiger charge is -2.00. The molecule has 0 saturated carbocycles. The van der Waals surface area contributed by atoms with Crippen molar-refractivity contribution in [1.29, 1.82) is 0 Å². The molecular formula is C7H11N3O3. The van der Waals surface area contributed by atoms with Crippen molar-refractivity contribution in [2.75, 3.05) is 7.11 Å². The van der Waals surface area contributed by atoms with Crippen LogP contribution in [0.4, 0.5) is 0 Å². The molecule has 6 nitrogen and oxygen atoms in total. The first-order chi connectivity index (χ1) is 6.15. The lowest BCUT2D eigenvalue weighted by molar-refractivity contribution is 0.0689. The summed E-state index contributed by atoms with van der Waals surface area (Å²) in [5.41, 5.74) is 3.39. The zero-order chi connectivity index (χ0) is 9.84. The van der Waals surface area contributed by atoms with Gasteiger partial charge in [0.2, 0.25) is 0 Å². The van der Waals surface area contributed by atoms with Crippen LogP contribution in [-0.4, -0.2) is 28.0 Å². The molecule has 0 aromatic carbocycles. The summed E-state index contributed by atoms with van der Waals surface area (Å²) in [5.74, 6) is -1.03. The summed E-state index contributed by atoms with van der Waals surface area (Å²) < 4.78 is 1.50. The Morgan fingerprint density at radius 3 is 3.00 bits per heavy atom. The van der Waals surface area contributed by atoms with Gasteiger partial charge in [0, 0.05) is 7.05 Å². The second-order valence-corrected chi connectivity index (χ2v) is 2.47. The molecule has 0 spiro atoms. The number of carboxylic acid groups (broad SMARTS) is 1. The highest BCUT2D eigenvalue weighted by molar-refractivity contribution is 5.85. The Hall–Kier alpha value is -1.40. The van der Waals surface area contributed by atoms with Crippen LogP contribution in [0.15, 0.2) is 6.07 Å². The minimum Gasteiger partial charge on any atom is -0.476 e. The van der Waals surface area contributed by atoms with Gasteiger partial charge in [-0.05, 0) is 6.07 Å². The first-order valence-corrected chi connectivity index (χ1v) is 3.67. The summed E-state index contributed by atoms with van der Waals surface area (Å²) in [4.78, 5) is 15.1. The molecule has 1 aromatic rings. The molecule has 1 aromatic heterocycles. The number of carbonyl (C=O) groups is 1. The van der Waals surface area contributed by atoms with E-state index in [1.807, 2.05) is 0 Å². The average Bonchev–Trinajstić information content (AvgIpc) is 2.44. The molecule has 1 heterocycles. The molecule has 0 fully saturated rings. The largest absolute Gasteiger partial charge is 0.476 e. The van der Waals surface area contributed by atoms with Crippen LogP contribution in [0.5, 0.6) is 0 Å². The van der Waals surface area contributed by atoms with Crippen molar-refractivity contribution >= 4 is 5.97 Å². The van der Waals surface area contributed by atoms with E-state index in [9.17, 15) is 4.79 Å². The molecule has 0 radical (unpaired) electrons. The predicted octanol–water partition coefficient (Wildman–Crippen LogP) is -0.231. The Balaban J connectivity index is 2.77. The van der Waals surface area contributed by atoms with Crippen LogP contribution in [0, 0.1) is 0 Å². The fraction of sp³-hybridized carbons (Fsp3) is 0.429. The van der Waals surface area contributed by atoms with Crippen molar-refractivity contribution in [3.05, 3.63) is 17.5 Å². The Morgan fingerprint density at radius 1 is 1.85 bits per heavy atom.